The quantitative estimate of drug-likeness (QED) is 0.840. The maximum absolute atomic E-state index is 12.7. The molecule has 1 fully saturated rings. The lowest BCUT2D eigenvalue weighted by Gasteiger charge is -2.17. The van der Waals surface area contributed by atoms with E-state index >= 15 is 0 Å². The van der Waals surface area contributed by atoms with Crippen LogP contribution in [0.3, 0.4) is 0 Å². The maximum atomic E-state index is 12.7. The second kappa shape index (κ2) is 6.57. The van der Waals surface area contributed by atoms with Gasteiger partial charge in [0, 0.05) is 23.7 Å². The monoisotopic (exact) mass is 363 g/mol. The Bertz CT molecular complexity index is 845. The average molecular weight is 364 g/mol. The Morgan fingerprint density at radius 3 is 2.33 bits per heavy atom. The Kier molecular flexibility index (Phi) is 4.65. The minimum Gasteiger partial charge on any atom is -0.337 e. The first kappa shape index (κ1) is 17.0. The van der Waals surface area contributed by atoms with Crippen LogP contribution < -0.4 is 0 Å². The van der Waals surface area contributed by atoms with Crippen LogP contribution in [-0.4, -0.2) is 37.6 Å². The van der Waals surface area contributed by atoms with Gasteiger partial charge in [-0.3, -0.25) is 4.79 Å². The van der Waals surface area contributed by atoms with Crippen molar-refractivity contribution in [3.05, 3.63) is 64.7 Å². The number of nitrogens with zero attached hydrogens (tertiary/aromatic N) is 1. The highest BCUT2D eigenvalue weighted by Crippen LogP contribution is 2.26. The van der Waals surface area contributed by atoms with Crippen LogP contribution in [-0.2, 0) is 9.84 Å². The van der Waals surface area contributed by atoms with E-state index in [4.69, 9.17) is 11.6 Å². The van der Waals surface area contributed by atoms with Crippen LogP contribution in [0.2, 0.25) is 5.02 Å². The summed E-state index contributed by atoms with van der Waals surface area (Å²) in [4.78, 5) is 14.4. The molecule has 0 spiro atoms. The van der Waals surface area contributed by atoms with Crippen LogP contribution in [0.25, 0.3) is 0 Å². The lowest BCUT2D eigenvalue weighted by molar-refractivity contribution is 0.0793. The molecule has 2 aromatic rings. The van der Waals surface area contributed by atoms with Gasteiger partial charge < -0.3 is 4.90 Å². The van der Waals surface area contributed by atoms with Crippen molar-refractivity contribution in [1.29, 1.82) is 0 Å². The number of hydrogen-bond donors (Lipinski definition) is 0. The molecule has 0 saturated carbocycles. The average Bonchev–Trinajstić information content (AvgIpc) is 3.06. The summed E-state index contributed by atoms with van der Waals surface area (Å²) >= 11 is 5.82. The van der Waals surface area contributed by atoms with E-state index in [-0.39, 0.29) is 17.3 Å². The molecule has 126 valence electrons. The first-order chi connectivity index (χ1) is 11.4. The third-order valence-corrected chi connectivity index (χ3v) is 6.76. The second-order valence-corrected chi connectivity index (χ2v) is 8.69. The van der Waals surface area contributed by atoms with Gasteiger partial charge in [-0.15, -0.1) is 0 Å². The molecule has 0 radical (unpaired) electrons. The van der Waals surface area contributed by atoms with Gasteiger partial charge in [0.05, 0.1) is 10.1 Å². The van der Waals surface area contributed by atoms with Crippen molar-refractivity contribution in [2.75, 3.05) is 13.1 Å². The highest BCUT2D eigenvalue weighted by Gasteiger charge is 2.36. The van der Waals surface area contributed by atoms with Gasteiger partial charge in [-0.2, -0.15) is 0 Å². The highest BCUT2D eigenvalue weighted by molar-refractivity contribution is 7.92. The zero-order valence-corrected chi connectivity index (χ0v) is 14.8. The van der Waals surface area contributed by atoms with Crippen LogP contribution in [0, 0.1) is 6.92 Å². The number of halogens is 1. The zero-order chi connectivity index (χ0) is 17.3. The molecule has 1 amide bonds. The number of rotatable bonds is 3. The van der Waals surface area contributed by atoms with Gasteiger partial charge >= 0.3 is 0 Å². The molecule has 24 heavy (non-hydrogen) atoms. The van der Waals surface area contributed by atoms with E-state index in [0.717, 1.165) is 5.56 Å². The van der Waals surface area contributed by atoms with Crippen molar-refractivity contribution in [2.45, 2.75) is 23.5 Å². The SMILES string of the molecule is Cc1ccc(C(=O)N2CCC(S(=O)(=O)c3ccc(Cl)cc3)C2)cc1. The highest BCUT2D eigenvalue weighted by atomic mass is 35.5. The van der Waals surface area contributed by atoms with Crippen molar-refractivity contribution < 1.29 is 13.2 Å². The van der Waals surface area contributed by atoms with E-state index in [0.29, 0.717) is 23.6 Å². The van der Waals surface area contributed by atoms with E-state index < -0.39 is 15.1 Å². The summed E-state index contributed by atoms with van der Waals surface area (Å²) in [6.45, 7) is 2.63. The first-order valence-corrected chi connectivity index (χ1v) is 9.66. The van der Waals surface area contributed by atoms with Crippen LogP contribution in [0.15, 0.2) is 53.4 Å². The molecule has 0 N–H and O–H groups in total. The van der Waals surface area contributed by atoms with Gasteiger partial charge in [-0.1, -0.05) is 29.3 Å². The van der Waals surface area contributed by atoms with Crippen molar-refractivity contribution in [3.63, 3.8) is 0 Å². The fraction of sp³-hybridized carbons (Fsp3) is 0.278. The zero-order valence-electron chi connectivity index (χ0n) is 13.3. The maximum Gasteiger partial charge on any atom is 0.253 e. The molecule has 1 unspecified atom stereocenters. The molecule has 4 nitrogen and oxygen atoms in total. The molecule has 1 aliphatic rings. The van der Waals surface area contributed by atoms with E-state index in [1.165, 1.54) is 12.1 Å². The normalized spacial score (nSPS) is 17.9. The molecular formula is C18H18ClNO3S. The predicted octanol–water partition coefficient (Wildman–Crippen LogP) is 3.34. The van der Waals surface area contributed by atoms with Crippen molar-refractivity contribution in [2.24, 2.45) is 0 Å². The number of aryl methyl sites for hydroxylation is 1. The largest absolute Gasteiger partial charge is 0.337 e. The van der Waals surface area contributed by atoms with Gasteiger partial charge in [-0.05, 0) is 49.7 Å². The molecule has 3 rings (SSSR count). The first-order valence-electron chi connectivity index (χ1n) is 7.73. The van der Waals surface area contributed by atoms with Crippen molar-refractivity contribution in [1.82, 2.24) is 4.90 Å². The van der Waals surface area contributed by atoms with Crippen LogP contribution in [0.4, 0.5) is 0 Å². The fourth-order valence-electron chi connectivity index (χ4n) is 2.86. The number of sulfone groups is 1. The van der Waals surface area contributed by atoms with Gasteiger partial charge in [0.2, 0.25) is 0 Å². The molecular weight excluding hydrogens is 346 g/mol. The van der Waals surface area contributed by atoms with E-state index in [1.54, 1.807) is 29.2 Å². The number of hydrogen-bond acceptors (Lipinski definition) is 3. The standard InChI is InChI=1S/C18H18ClNO3S/c1-13-2-4-14(5-3-13)18(21)20-11-10-17(12-20)24(22,23)16-8-6-15(19)7-9-16/h2-9,17H,10-12H2,1H3. The Morgan fingerprint density at radius 2 is 1.71 bits per heavy atom. The van der Waals surface area contributed by atoms with Crippen molar-refractivity contribution >= 4 is 27.3 Å². The Balaban J connectivity index is 1.76. The summed E-state index contributed by atoms with van der Waals surface area (Å²) in [6.07, 6.45) is 0.447. The summed E-state index contributed by atoms with van der Waals surface area (Å²) in [5.41, 5.74) is 1.67. The number of benzene rings is 2. The summed E-state index contributed by atoms with van der Waals surface area (Å²) in [5, 5.41) is -0.0791. The van der Waals surface area contributed by atoms with Gasteiger partial charge in [0.15, 0.2) is 9.84 Å². The summed E-state index contributed by atoms with van der Waals surface area (Å²) < 4.78 is 25.4. The van der Waals surface area contributed by atoms with Gasteiger partial charge in [-0.25, -0.2) is 8.42 Å². The summed E-state index contributed by atoms with van der Waals surface area (Å²) in [6, 6.07) is 13.5. The Morgan fingerprint density at radius 1 is 1.08 bits per heavy atom. The van der Waals surface area contributed by atoms with E-state index in [9.17, 15) is 13.2 Å². The Labute approximate surface area is 147 Å². The fourth-order valence-corrected chi connectivity index (χ4v) is 4.68. The van der Waals surface area contributed by atoms with Crippen LogP contribution in [0.1, 0.15) is 22.3 Å². The number of likely N-dealkylation sites (tertiary alicyclic amines) is 1. The minimum atomic E-state index is -3.46. The predicted molar refractivity (Wildman–Crippen MR) is 94.1 cm³/mol. The lowest BCUT2D eigenvalue weighted by atomic mass is 10.1. The van der Waals surface area contributed by atoms with Gasteiger partial charge in [0.1, 0.15) is 0 Å². The molecule has 0 aliphatic carbocycles. The third kappa shape index (κ3) is 3.32. The molecule has 1 heterocycles. The van der Waals surface area contributed by atoms with Gasteiger partial charge in [0.25, 0.3) is 5.91 Å². The lowest BCUT2D eigenvalue weighted by Crippen LogP contribution is -2.31. The smallest absolute Gasteiger partial charge is 0.253 e. The number of carbonyl (C=O) groups is 1. The second-order valence-electron chi connectivity index (χ2n) is 6.03. The number of amides is 1. The molecule has 6 heteroatoms. The van der Waals surface area contributed by atoms with Crippen LogP contribution >= 0.6 is 11.6 Å². The molecule has 1 aliphatic heterocycles. The number of carbonyl (C=O) groups excluding carboxylic acids is 1. The summed E-state index contributed by atoms with van der Waals surface area (Å²) in [7, 11) is -3.46. The Hall–Kier alpha value is -1.85. The van der Waals surface area contributed by atoms with Crippen LogP contribution in [0.5, 0.6) is 0 Å². The summed E-state index contributed by atoms with van der Waals surface area (Å²) in [5.74, 6) is -0.121. The molecule has 0 aromatic heterocycles. The van der Waals surface area contributed by atoms with E-state index in [1.807, 2.05) is 19.1 Å². The molecule has 1 saturated heterocycles. The minimum absolute atomic E-state index is 0.121. The van der Waals surface area contributed by atoms with Crippen molar-refractivity contribution in [3.8, 4) is 0 Å². The third-order valence-electron chi connectivity index (χ3n) is 4.31. The molecule has 1 atom stereocenters. The topological polar surface area (TPSA) is 54.5 Å². The molecule has 0 bridgehead atoms. The van der Waals surface area contributed by atoms with E-state index in [2.05, 4.69) is 0 Å². The molecule has 2 aromatic carbocycles.